The number of ether oxygens (including phenoxy) is 1. The predicted octanol–water partition coefficient (Wildman–Crippen LogP) is 1.59. The maximum Gasteiger partial charge on any atom is 0.310 e. The second-order valence-electron chi connectivity index (χ2n) is 4.32. The molecule has 0 aromatic heterocycles. The second kappa shape index (κ2) is 7.22. The molecule has 0 radical (unpaired) electrons. The topological polar surface area (TPSA) is 119 Å². The fourth-order valence-corrected chi connectivity index (χ4v) is 1.75. The van der Waals surface area contributed by atoms with E-state index in [4.69, 9.17) is 9.84 Å². The van der Waals surface area contributed by atoms with Crippen molar-refractivity contribution < 1.29 is 24.4 Å². The molecule has 8 nitrogen and oxygen atoms in total. The molecule has 0 aliphatic rings. The van der Waals surface area contributed by atoms with Crippen molar-refractivity contribution in [1.82, 2.24) is 5.32 Å². The van der Waals surface area contributed by atoms with Crippen LogP contribution < -0.4 is 10.1 Å². The summed E-state index contributed by atoms with van der Waals surface area (Å²) in [7, 11) is 1.27. The van der Waals surface area contributed by atoms with Gasteiger partial charge in [-0.3, -0.25) is 19.7 Å². The monoisotopic (exact) mass is 296 g/mol. The summed E-state index contributed by atoms with van der Waals surface area (Å²) in [4.78, 5) is 32.8. The van der Waals surface area contributed by atoms with E-state index in [1.807, 2.05) is 0 Å². The zero-order chi connectivity index (χ0) is 16.0. The Labute approximate surface area is 120 Å². The van der Waals surface area contributed by atoms with E-state index in [9.17, 15) is 19.7 Å². The van der Waals surface area contributed by atoms with Gasteiger partial charge in [0.2, 0.25) is 0 Å². The third-order valence-electron chi connectivity index (χ3n) is 2.89. The number of hydrogen-bond donors (Lipinski definition) is 2. The number of carboxylic acid groups (broad SMARTS) is 1. The van der Waals surface area contributed by atoms with Crippen molar-refractivity contribution in [2.24, 2.45) is 0 Å². The summed E-state index contributed by atoms with van der Waals surface area (Å²) in [5.74, 6) is -1.54. The maximum absolute atomic E-state index is 12.0. The Morgan fingerprint density at radius 1 is 1.48 bits per heavy atom. The molecule has 0 spiro atoms. The summed E-state index contributed by atoms with van der Waals surface area (Å²) in [6, 6.07) is 3.22. The molecule has 2 N–H and O–H groups in total. The number of nitro benzene ring substituents is 1. The number of carboxylic acids is 1. The summed E-state index contributed by atoms with van der Waals surface area (Å²) < 4.78 is 4.88. The number of nitrogens with one attached hydrogen (secondary N) is 1. The van der Waals surface area contributed by atoms with E-state index in [1.54, 1.807) is 6.92 Å². The molecule has 114 valence electrons. The molecule has 0 bridgehead atoms. The van der Waals surface area contributed by atoms with Crippen molar-refractivity contribution in [1.29, 1.82) is 0 Å². The van der Waals surface area contributed by atoms with Crippen LogP contribution in [0.3, 0.4) is 0 Å². The molecule has 0 heterocycles. The van der Waals surface area contributed by atoms with Crippen LogP contribution >= 0.6 is 0 Å². The van der Waals surface area contributed by atoms with Crippen LogP contribution in [-0.2, 0) is 4.79 Å². The van der Waals surface area contributed by atoms with E-state index in [0.717, 1.165) is 0 Å². The van der Waals surface area contributed by atoms with E-state index in [1.165, 1.54) is 25.3 Å². The first-order valence-electron chi connectivity index (χ1n) is 6.24. The van der Waals surface area contributed by atoms with Crippen molar-refractivity contribution in [3.05, 3.63) is 33.9 Å². The fourth-order valence-electron chi connectivity index (χ4n) is 1.75. The van der Waals surface area contributed by atoms with Crippen molar-refractivity contribution in [3.8, 4) is 5.75 Å². The highest BCUT2D eigenvalue weighted by molar-refractivity contribution is 5.95. The van der Waals surface area contributed by atoms with Gasteiger partial charge in [-0.2, -0.15) is 0 Å². The summed E-state index contributed by atoms with van der Waals surface area (Å²) in [6.45, 7) is 1.75. The highest BCUT2D eigenvalue weighted by Gasteiger charge is 2.19. The number of aliphatic carboxylic acids is 1. The number of carbonyl (C=O) groups excluding carboxylic acids is 1. The average Bonchev–Trinajstić information content (AvgIpc) is 2.44. The molecule has 0 aliphatic carbocycles. The van der Waals surface area contributed by atoms with Gasteiger partial charge in [-0.25, -0.2) is 0 Å². The van der Waals surface area contributed by atoms with Gasteiger partial charge in [0.25, 0.3) is 5.91 Å². The van der Waals surface area contributed by atoms with Crippen molar-refractivity contribution >= 4 is 17.6 Å². The van der Waals surface area contributed by atoms with Gasteiger partial charge in [-0.1, -0.05) is 6.92 Å². The molecule has 21 heavy (non-hydrogen) atoms. The molecule has 1 aromatic carbocycles. The summed E-state index contributed by atoms with van der Waals surface area (Å²) >= 11 is 0. The van der Waals surface area contributed by atoms with Crippen LogP contribution in [0.1, 0.15) is 30.1 Å². The third kappa shape index (κ3) is 4.44. The first-order valence-corrected chi connectivity index (χ1v) is 6.24. The average molecular weight is 296 g/mol. The lowest BCUT2D eigenvalue weighted by Crippen LogP contribution is -2.36. The standard InChI is InChI=1S/C13H16N2O6/c1-3-9(7-12(16)17)14-13(18)8-4-5-10(15(19)20)11(6-8)21-2/h4-6,9H,3,7H2,1-2H3,(H,14,18)(H,16,17). The van der Waals surface area contributed by atoms with Gasteiger partial charge in [0, 0.05) is 23.7 Å². The van der Waals surface area contributed by atoms with Crippen LogP contribution in [0.25, 0.3) is 0 Å². The van der Waals surface area contributed by atoms with Gasteiger partial charge < -0.3 is 15.2 Å². The summed E-state index contributed by atoms with van der Waals surface area (Å²) in [5, 5.41) is 22.1. The summed E-state index contributed by atoms with van der Waals surface area (Å²) in [6.07, 6.45) is 0.272. The highest BCUT2D eigenvalue weighted by Crippen LogP contribution is 2.27. The van der Waals surface area contributed by atoms with E-state index in [0.29, 0.717) is 6.42 Å². The summed E-state index contributed by atoms with van der Waals surface area (Å²) in [5.41, 5.74) is -0.0760. The zero-order valence-corrected chi connectivity index (χ0v) is 11.7. The smallest absolute Gasteiger partial charge is 0.310 e. The molecule has 0 aliphatic heterocycles. The number of nitro groups is 1. The van der Waals surface area contributed by atoms with Crippen LogP contribution in [0.2, 0.25) is 0 Å². The molecule has 1 atom stereocenters. The van der Waals surface area contributed by atoms with Gasteiger partial charge >= 0.3 is 11.7 Å². The first-order chi connectivity index (χ1) is 9.88. The van der Waals surface area contributed by atoms with Gasteiger partial charge in [-0.05, 0) is 12.5 Å². The molecule has 1 amide bonds. The van der Waals surface area contributed by atoms with Crippen LogP contribution in [0.5, 0.6) is 5.75 Å². The number of benzene rings is 1. The van der Waals surface area contributed by atoms with Gasteiger partial charge in [-0.15, -0.1) is 0 Å². The SMILES string of the molecule is CCC(CC(=O)O)NC(=O)c1ccc([N+](=O)[O-])c(OC)c1. The molecular weight excluding hydrogens is 280 g/mol. The van der Waals surface area contributed by atoms with E-state index in [-0.39, 0.29) is 23.4 Å². The number of methoxy groups -OCH3 is 1. The first kappa shape index (κ1) is 16.4. The maximum atomic E-state index is 12.0. The number of carbonyl (C=O) groups is 2. The number of hydrogen-bond acceptors (Lipinski definition) is 5. The lowest BCUT2D eigenvalue weighted by atomic mass is 10.1. The Morgan fingerprint density at radius 2 is 2.14 bits per heavy atom. The minimum absolute atomic E-state index is 0.0288. The lowest BCUT2D eigenvalue weighted by molar-refractivity contribution is -0.385. The molecule has 1 rings (SSSR count). The molecule has 0 saturated carbocycles. The Balaban J connectivity index is 2.92. The van der Waals surface area contributed by atoms with E-state index < -0.39 is 22.8 Å². The molecule has 1 aromatic rings. The van der Waals surface area contributed by atoms with Gasteiger partial charge in [0.1, 0.15) is 0 Å². The lowest BCUT2D eigenvalue weighted by Gasteiger charge is -2.15. The number of rotatable bonds is 7. The van der Waals surface area contributed by atoms with Crippen molar-refractivity contribution in [3.63, 3.8) is 0 Å². The van der Waals surface area contributed by atoms with Gasteiger partial charge in [0.05, 0.1) is 18.5 Å². The zero-order valence-electron chi connectivity index (χ0n) is 11.7. The predicted molar refractivity (Wildman–Crippen MR) is 73.4 cm³/mol. The van der Waals surface area contributed by atoms with Crippen LogP contribution in [0.4, 0.5) is 5.69 Å². The molecular formula is C13H16N2O6. The molecule has 1 unspecified atom stereocenters. The van der Waals surface area contributed by atoms with Crippen molar-refractivity contribution in [2.45, 2.75) is 25.8 Å². The fraction of sp³-hybridized carbons (Fsp3) is 0.385. The minimum atomic E-state index is -1.01. The normalized spacial score (nSPS) is 11.5. The minimum Gasteiger partial charge on any atom is -0.490 e. The third-order valence-corrected chi connectivity index (χ3v) is 2.89. The van der Waals surface area contributed by atoms with E-state index in [2.05, 4.69) is 5.32 Å². The Kier molecular flexibility index (Phi) is 5.65. The Morgan fingerprint density at radius 3 is 2.62 bits per heavy atom. The van der Waals surface area contributed by atoms with E-state index >= 15 is 0 Å². The van der Waals surface area contributed by atoms with Crippen LogP contribution in [0, 0.1) is 10.1 Å². The van der Waals surface area contributed by atoms with Crippen molar-refractivity contribution in [2.75, 3.05) is 7.11 Å². The second-order valence-corrected chi connectivity index (χ2v) is 4.32. The number of amides is 1. The molecule has 8 heteroatoms. The number of nitrogens with zero attached hydrogens (tertiary/aromatic N) is 1. The molecule has 0 fully saturated rings. The Hall–Kier alpha value is -2.64. The Bertz CT molecular complexity index is 558. The van der Waals surface area contributed by atoms with Crippen LogP contribution in [-0.4, -0.2) is 35.1 Å². The quantitative estimate of drug-likeness (QED) is 0.582. The highest BCUT2D eigenvalue weighted by atomic mass is 16.6. The van der Waals surface area contributed by atoms with Gasteiger partial charge in [0.15, 0.2) is 5.75 Å². The largest absolute Gasteiger partial charge is 0.490 e. The van der Waals surface area contributed by atoms with Crippen LogP contribution in [0.15, 0.2) is 18.2 Å². The molecule has 0 saturated heterocycles.